The summed E-state index contributed by atoms with van der Waals surface area (Å²) in [4.78, 5) is 7.70. The molecule has 0 atom stereocenters. The van der Waals surface area contributed by atoms with Crippen molar-refractivity contribution >= 4 is 11.4 Å². The van der Waals surface area contributed by atoms with Gasteiger partial charge >= 0.3 is 0 Å². The lowest BCUT2D eigenvalue weighted by atomic mass is 10.2. The molecule has 1 aromatic carbocycles. The minimum Gasteiger partial charge on any atom is -0.371 e. The summed E-state index contributed by atoms with van der Waals surface area (Å²) in [5.41, 5.74) is 2.82. The molecule has 1 aromatic rings. The third-order valence-corrected chi connectivity index (χ3v) is 4.93. The fourth-order valence-corrected chi connectivity index (χ4v) is 3.57. The molecule has 0 radical (unpaired) electrons. The van der Waals surface area contributed by atoms with Crippen LogP contribution in [0.15, 0.2) is 24.3 Å². The van der Waals surface area contributed by atoms with Crippen LogP contribution in [0.3, 0.4) is 0 Å². The van der Waals surface area contributed by atoms with Crippen molar-refractivity contribution in [3.8, 4) is 0 Å². The highest BCUT2D eigenvalue weighted by molar-refractivity contribution is 5.59. The van der Waals surface area contributed by atoms with Gasteiger partial charge < -0.3 is 9.80 Å². The molecular weight excluding hydrogens is 258 g/mol. The molecule has 3 nitrogen and oxygen atoms in total. The van der Waals surface area contributed by atoms with Gasteiger partial charge in [-0.15, -0.1) is 0 Å². The Kier molecular flexibility index (Phi) is 4.69. The minimum atomic E-state index is 0.667. The average molecular weight is 287 g/mol. The van der Waals surface area contributed by atoms with Crippen molar-refractivity contribution in [2.24, 2.45) is 0 Å². The summed E-state index contributed by atoms with van der Waals surface area (Å²) in [6.07, 6.45) is 3.96. The first-order valence-corrected chi connectivity index (χ1v) is 8.58. The van der Waals surface area contributed by atoms with E-state index >= 15 is 0 Å². The van der Waals surface area contributed by atoms with Gasteiger partial charge in [-0.25, -0.2) is 0 Å². The van der Waals surface area contributed by atoms with Crippen LogP contribution in [0.1, 0.15) is 33.1 Å². The summed E-state index contributed by atoms with van der Waals surface area (Å²) in [7, 11) is 0. The van der Waals surface area contributed by atoms with E-state index in [1.807, 2.05) is 0 Å². The summed E-state index contributed by atoms with van der Waals surface area (Å²) in [6, 6.07) is 9.85. The van der Waals surface area contributed by atoms with Gasteiger partial charge in [-0.1, -0.05) is 6.07 Å². The van der Waals surface area contributed by atoms with E-state index < -0.39 is 0 Å². The predicted octanol–water partition coefficient (Wildman–Crippen LogP) is 3.21. The minimum absolute atomic E-state index is 0.667. The van der Waals surface area contributed by atoms with E-state index in [4.69, 9.17) is 0 Å². The van der Waals surface area contributed by atoms with E-state index in [0.717, 1.165) is 6.54 Å². The fraction of sp³-hybridized carbons (Fsp3) is 0.667. The topological polar surface area (TPSA) is 9.72 Å². The summed E-state index contributed by atoms with van der Waals surface area (Å²) in [6.45, 7) is 11.8. The summed E-state index contributed by atoms with van der Waals surface area (Å²) in [5.74, 6) is 0. The van der Waals surface area contributed by atoms with Crippen LogP contribution in [0.25, 0.3) is 0 Å². The molecule has 2 saturated heterocycles. The normalized spacial score (nSPS) is 21.1. The molecule has 3 rings (SSSR count). The van der Waals surface area contributed by atoms with Gasteiger partial charge in [0, 0.05) is 56.7 Å². The molecule has 0 bridgehead atoms. The molecule has 0 amide bonds. The molecule has 0 aliphatic carbocycles. The Morgan fingerprint density at radius 2 is 1.38 bits per heavy atom. The van der Waals surface area contributed by atoms with Crippen LogP contribution in [-0.4, -0.2) is 50.2 Å². The molecule has 0 spiro atoms. The molecule has 0 aromatic heterocycles. The van der Waals surface area contributed by atoms with E-state index in [9.17, 15) is 0 Å². The van der Waals surface area contributed by atoms with Gasteiger partial charge in [0.15, 0.2) is 0 Å². The SMILES string of the molecule is CC(C)N1CCCN(c2cccc(N3CCCC3)c2)CC1. The Bertz CT molecular complexity index is 452. The van der Waals surface area contributed by atoms with Crippen LogP contribution in [0.2, 0.25) is 0 Å². The van der Waals surface area contributed by atoms with Crippen LogP contribution < -0.4 is 9.80 Å². The third-order valence-electron chi connectivity index (χ3n) is 4.93. The zero-order valence-corrected chi connectivity index (χ0v) is 13.6. The highest BCUT2D eigenvalue weighted by atomic mass is 15.2. The van der Waals surface area contributed by atoms with E-state index in [1.165, 1.54) is 63.4 Å². The highest BCUT2D eigenvalue weighted by Crippen LogP contribution is 2.26. The van der Waals surface area contributed by atoms with Crippen molar-refractivity contribution in [1.29, 1.82) is 0 Å². The van der Waals surface area contributed by atoms with E-state index in [2.05, 4.69) is 52.8 Å². The fourth-order valence-electron chi connectivity index (χ4n) is 3.57. The molecule has 2 aliphatic heterocycles. The Labute approximate surface area is 129 Å². The monoisotopic (exact) mass is 287 g/mol. The Morgan fingerprint density at radius 3 is 2.05 bits per heavy atom. The smallest absolute Gasteiger partial charge is 0.0387 e. The quantitative estimate of drug-likeness (QED) is 0.845. The van der Waals surface area contributed by atoms with Gasteiger partial charge in [-0.2, -0.15) is 0 Å². The van der Waals surface area contributed by atoms with Crippen molar-refractivity contribution in [3.05, 3.63) is 24.3 Å². The molecule has 21 heavy (non-hydrogen) atoms. The second-order valence-corrected chi connectivity index (χ2v) is 6.68. The molecule has 2 heterocycles. The molecule has 2 aliphatic rings. The van der Waals surface area contributed by atoms with Crippen LogP contribution >= 0.6 is 0 Å². The maximum Gasteiger partial charge on any atom is 0.0387 e. The van der Waals surface area contributed by atoms with Crippen molar-refractivity contribution in [3.63, 3.8) is 0 Å². The van der Waals surface area contributed by atoms with Crippen molar-refractivity contribution in [2.45, 2.75) is 39.2 Å². The lowest BCUT2D eigenvalue weighted by molar-refractivity contribution is 0.238. The van der Waals surface area contributed by atoms with E-state index in [-0.39, 0.29) is 0 Å². The first kappa shape index (κ1) is 14.7. The predicted molar refractivity (Wildman–Crippen MR) is 91.4 cm³/mol. The van der Waals surface area contributed by atoms with Crippen molar-refractivity contribution in [1.82, 2.24) is 4.90 Å². The van der Waals surface area contributed by atoms with Gasteiger partial charge in [0.25, 0.3) is 0 Å². The second-order valence-electron chi connectivity index (χ2n) is 6.68. The molecule has 116 valence electrons. The lowest BCUT2D eigenvalue weighted by Crippen LogP contribution is -2.35. The van der Waals surface area contributed by atoms with Crippen molar-refractivity contribution < 1.29 is 0 Å². The average Bonchev–Trinajstić information content (AvgIpc) is 2.91. The summed E-state index contributed by atoms with van der Waals surface area (Å²) in [5, 5.41) is 0. The first-order valence-electron chi connectivity index (χ1n) is 8.58. The van der Waals surface area contributed by atoms with Crippen LogP contribution in [0, 0.1) is 0 Å². The summed E-state index contributed by atoms with van der Waals surface area (Å²) < 4.78 is 0. The van der Waals surface area contributed by atoms with Crippen LogP contribution in [-0.2, 0) is 0 Å². The number of nitrogens with zero attached hydrogens (tertiary/aromatic N) is 3. The maximum atomic E-state index is 2.60. The molecule has 2 fully saturated rings. The molecule has 3 heteroatoms. The number of rotatable bonds is 3. The van der Waals surface area contributed by atoms with Gasteiger partial charge in [0.2, 0.25) is 0 Å². The van der Waals surface area contributed by atoms with Gasteiger partial charge in [-0.05, 0) is 51.3 Å². The van der Waals surface area contributed by atoms with E-state index in [0.29, 0.717) is 6.04 Å². The number of benzene rings is 1. The third kappa shape index (κ3) is 3.52. The molecule has 0 saturated carbocycles. The number of hydrogen-bond acceptors (Lipinski definition) is 3. The number of hydrogen-bond donors (Lipinski definition) is 0. The zero-order chi connectivity index (χ0) is 14.7. The number of anilines is 2. The highest BCUT2D eigenvalue weighted by Gasteiger charge is 2.18. The van der Waals surface area contributed by atoms with Gasteiger partial charge in [0.1, 0.15) is 0 Å². The van der Waals surface area contributed by atoms with Crippen molar-refractivity contribution in [2.75, 3.05) is 49.1 Å². The largest absolute Gasteiger partial charge is 0.371 e. The first-order chi connectivity index (χ1) is 10.2. The second kappa shape index (κ2) is 6.69. The molecular formula is C18H29N3. The molecule has 0 unspecified atom stereocenters. The Hall–Kier alpha value is -1.22. The summed E-state index contributed by atoms with van der Waals surface area (Å²) >= 11 is 0. The Morgan fingerprint density at radius 1 is 0.762 bits per heavy atom. The maximum absolute atomic E-state index is 2.60. The van der Waals surface area contributed by atoms with Gasteiger partial charge in [-0.3, -0.25) is 4.90 Å². The van der Waals surface area contributed by atoms with Crippen LogP contribution in [0.4, 0.5) is 11.4 Å². The Balaban J connectivity index is 1.69. The zero-order valence-electron chi connectivity index (χ0n) is 13.6. The van der Waals surface area contributed by atoms with Crippen LogP contribution in [0.5, 0.6) is 0 Å². The van der Waals surface area contributed by atoms with Gasteiger partial charge in [0.05, 0.1) is 0 Å². The van der Waals surface area contributed by atoms with E-state index in [1.54, 1.807) is 0 Å². The lowest BCUT2D eigenvalue weighted by Gasteiger charge is -2.27. The molecule has 0 N–H and O–H groups in total. The standard InChI is InChI=1S/C18H29N3/c1-16(2)19-11-6-12-21(14-13-19)18-8-5-7-17(15-18)20-9-3-4-10-20/h5,7-8,15-16H,3-4,6,9-14H2,1-2H3.